The lowest BCUT2D eigenvalue weighted by Gasteiger charge is -2.35. The zero-order valence-corrected chi connectivity index (χ0v) is 8.91. The Bertz CT molecular complexity index is 359. The molecule has 0 saturated carbocycles. The molecule has 1 aromatic carbocycles. The fourth-order valence-corrected chi connectivity index (χ4v) is 1.54. The third kappa shape index (κ3) is 2.18. The van der Waals surface area contributed by atoms with Crippen molar-refractivity contribution in [3.05, 3.63) is 41.9 Å². The van der Waals surface area contributed by atoms with E-state index < -0.39 is 0 Å². The molecule has 1 fully saturated rings. The van der Waals surface area contributed by atoms with Gasteiger partial charge in [0.05, 0.1) is 0 Å². The van der Waals surface area contributed by atoms with Crippen molar-refractivity contribution in [3.63, 3.8) is 0 Å². The Balaban J connectivity index is 2.24. The van der Waals surface area contributed by atoms with Gasteiger partial charge in [0.15, 0.2) is 6.04 Å². The van der Waals surface area contributed by atoms with Crippen LogP contribution in [0.5, 0.6) is 0 Å². The highest BCUT2D eigenvalue weighted by atomic mass is 16.5. The maximum atomic E-state index is 11.6. The van der Waals surface area contributed by atoms with Crippen molar-refractivity contribution in [2.75, 3.05) is 6.61 Å². The van der Waals surface area contributed by atoms with Crippen LogP contribution in [0.3, 0.4) is 0 Å². The topological polar surface area (TPSA) is 38.3 Å². The average molecular weight is 204 g/mol. The Kier molecular flexibility index (Phi) is 2.49. The molecule has 15 heavy (non-hydrogen) atoms. The number of rotatable bonds is 1. The third-order valence-electron chi connectivity index (χ3n) is 2.29. The summed E-state index contributed by atoms with van der Waals surface area (Å²) in [6.07, 6.45) is 0. The molecule has 1 saturated heterocycles. The van der Waals surface area contributed by atoms with E-state index in [1.165, 1.54) is 0 Å². The first-order chi connectivity index (χ1) is 7.08. The lowest BCUT2D eigenvalue weighted by atomic mass is 9.98. The van der Waals surface area contributed by atoms with E-state index >= 15 is 0 Å². The zero-order chi connectivity index (χ0) is 10.9. The fourth-order valence-electron chi connectivity index (χ4n) is 1.54. The number of carbonyl (C=O) groups excluding carboxylic acids is 1. The van der Waals surface area contributed by atoms with Gasteiger partial charge in [-0.25, -0.2) is 4.79 Å². The second-order valence-electron chi connectivity index (χ2n) is 4.33. The van der Waals surface area contributed by atoms with Crippen molar-refractivity contribution in [2.45, 2.75) is 19.4 Å². The molecule has 1 heterocycles. The second kappa shape index (κ2) is 3.66. The average Bonchev–Trinajstić information content (AvgIpc) is 2.23. The van der Waals surface area contributed by atoms with Crippen molar-refractivity contribution in [3.8, 4) is 0 Å². The summed E-state index contributed by atoms with van der Waals surface area (Å²) in [4.78, 5) is 11.6. The fraction of sp³-hybridized carbons (Fsp3) is 0.333. The monoisotopic (exact) mass is 204 g/mol. The van der Waals surface area contributed by atoms with Crippen LogP contribution in [0, 0.1) is 6.04 Å². The van der Waals surface area contributed by atoms with E-state index in [0.29, 0.717) is 12.6 Å². The minimum absolute atomic E-state index is 0.195. The summed E-state index contributed by atoms with van der Waals surface area (Å²) in [6, 6.07) is 10.1. The lowest BCUT2D eigenvalue weighted by Crippen LogP contribution is -2.53. The number of hydrogen-bond donors (Lipinski definition) is 1. The van der Waals surface area contributed by atoms with Crippen LogP contribution in [-0.2, 0) is 9.53 Å². The molecule has 3 heteroatoms. The number of esters is 1. The quantitative estimate of drug-likeness (QED) is 0.704. The first-order valence-corrected chi connectivity index (χ1v) is 4.96. The van der Waals surface area contributed by atoms with Gasteiger partial charge in [-0.3, -0.25) is 5.32 Å². The van der Waals surface area contributed by atoms with Gasteiger partial charge in [0.1, 0.15) is 6.61 Å². The molecular formula is C12H14NO2. The molecule has 2 rings (SSSR count). The normalized spacial score (nSPS) is 21.1. The number of carbonyl (C=O) groups is 1. The van der Waals surface area contributed by atoms with Crippen molar-refractivity contribution in [1.82, 2.24) is 5.32 Å². The standard InChI is InChI=1S/C12H14NO2/c1-12(2)8-15-11(14)10(13-12)9-6-4-3-5-7-9/h3-7,13H,8H2,1-2H3. The van der Waals surface area contributed by atoms with Crippen LogP contribution in [-0.4, -0.2) is 18.1 Å². The first-order valence-electron chi connectivity index (χ1n) is 4.96. The van der Waals surface area contributed by atoms with Crippen molar-refractivity contribution in [1.29, 1.82) is 0 Å². The minimum Gasteiger partial charge on any atom is -0.462 e. The summed E-state index contributed by atoms with van der Waals surface area (Å²) in [5, 5.41) is 3.20. The van der Waals surface area contributed by atoms with E-state index in [-0.39, 0.29) is 11.5 Å². The lowest BCUT2D eigenvalue weighted by molar-refractivity contribution is -0.147. The molecule has 1 aliphatic heterocycles. The molecule has 79 valence electrons. The van der Waals surface area contributed by atoms with Crippen LogP contribution in [0.25, 0.3) is 0 Å². The number of morpholine rings is 1. The smallest absolute Gasteiger partial charge is 0.334 e. The summed E-state index contributed by atoms with van der Waals surface area (Å²) in [5.74, 6) is -0.277. The van der Waals surface area contributed by atoms with E-state index in [4.69, 9.17) is 4.74 Å². The molecule has 0 atom stereocenters. The molecule has 1 N–H and O–H groups in total. The number of hydrogen-bond acceptors (Lipinski definition) is 3. The Morgan fingerprint density at radius 3 is 2.60 bits per heavy atom. The van der Waals surface area contributed by atoms with Gasteiger partial charge in [0, 0.05) is 5.54 Å². The largest absolute Gasteiger partial charge is 0.462 e. The molecule has 1 aliphatic rings. The van der Waals surface area contributed by atoms with E-state index in [0.717, 1.165) is 5.56 Å². The highest BCUT2D eigenvalue weighted by Gasteiger charge is 2.36. The van der Waals surface area contributed by atoms with Gasteiger partial charge in [0.2, 0.25) is 0 Å². The van der Waals surface area contributed by atoms with Gasteiger partial charge in [-0.2, -0.15) is 0 Å². The van der Waals surface area contributed by atoms with Crippen LogP contribution in [0.1, 0.15) is 19.4 Å². The molecule has 0 spiro atoms. The molecule has 0 unspecified atom stereocenters. The van der Waals surface area contributed by atoms with E-state index in [1.807, 2.05) is 44.2 Å². The van der Waals surface area contributed by atoms with Crippen LogP contribution in [0.15, 0.2) is 30.3 Å². The van der Waals surface area contributed by atoms with E-state index in [2.05, 4.69) is 5.32 Å². The molecule has 1 aromatic rings. The van der Waals surface area contributed by atoms with Gasteiger partial charge in [-0.1, -0.05) is 30.3 Å². The number of nitrogens with one attached hydrogen (secondary N) is 1. The highest BCUT2D eigenvalue weighted by molar-refractivity contribution is 5.89. The number of cyclic esters (lactones) is 1. The molecule has 3 nitrogen and oxygen atoms in total. The van der Waals surface area contributed by atoms with Gasteiger partial charge >= 0.3 is 5.97 Å². The Labute approximate surface area is 89.4 Å². The van der Waals surface area contributed by atoms with E-state index in [9.17, 15) is 4.79 Å². The maximum absolute atomic E-state index is 11.6. The molecule has 0 aromatic heterocycles. The third-order valence-corrected chi connectivity index (χ3v) is 2.29. The maximum Gasteiger partial charge on any atom is 0.334 e. The summed E-state index contributed by atoms with van der Waals surface area (Å²) in [5.41, 5.74) is 0.675. The van der Waals surface area contributed by atoms with Crippen molar-refractivity contribution in [2.24, 2.45) is 0 Å². The minimum atomic E-state index is -0.277. The van der Waals surface area contributed by atoms with Crippen molar-refractivity contribution >= 4 is 5.97 Å². The summed E-state index contributed by atoms with van der Waals surface area (Å²) < 4.78 is 5.12. The molecule has 0 bridgehead atoms. The van der Waals surface area contributed by atoms with Gasteiger partial charge in [0.25, 0.3) is 0 Å². The number of benzene rings is 1. The molecule has 0 aliphatic carbocycles. The summed E-state index contributed by atoms with van der Waals surface area (Å²) in [6.45, 7) is 4.41. The predicted octanol–water partition coefficient (Wildman–Crippen LogP) is 1.49. The van der Waals surface area contributed by atoms with Crippen LogP contribution in [0.2, 0.25) is 0 Å². The SMILES string of the molecule is CC1(C)COC(=O)[C](c2ccccc2)N1. The molecule has 0 amide bonds. The zero-order valence-electron chi connectivity index (χ0n) is 8.91. The summed E-state index contributed by atoms with van der Waals surface area (Å²) in [7, 11) is 0. The number of ether oxygens (including phenoxy) is 1. The van der Waals surface area contributed by atoms with Crippen molar-refractivity contribution < 1.29 is 9.53 Å². The van der Waals surface area contributed by atoms with Crippen LogP contribution >= 0.6 is 0 Å². The van der Waals surface area contributed by atoms with Crippen LogP contribution in [0.4, 0.5) is 0 Å². The Morgan fingerprint density at radius 2 is 1.93 bits per heavy atom. The van der Waals surface area contributed by atoms with Gasteiger partial charge < -0.3 is 4.74 Å². The highest BCUT2D eigenvalue weighted by Crippen LogP contribution is 2.22. The summed E-state index contributed by atoms with van der Waals surface area (Å²) >= 11 is 0. The van der Waals surface area contributed by atoms with E-state index in [1.54, 1.807) is 0 Å². The molecular weight excluding hydrogens is 190 g/mol. The Morgan fingerprint density at radius 1 is 1.27 bits per heavy atom. The van der Waals surface area contributed by atoms with Gasteiger partial charge in [-0.15, -0.1) is 0 Å². The Hall–Kier alpha value is -1.35. The second-order valence-corrected chi connectivity index (χ2v) is 4.33. The molecule has 1 radical (unpaired) electrons. The van der Waals surface area contributed by atoms with Crippen LogP contribution < -0.4 is 5.32 Å². The predicted molar refractivity (Wildman–Crippen MR) is 57.0 cm³/mol. The first kappa shape index (κ1) is 10.2. The van der Waals surface area contributed by atoms with Gasteiger partial charge in [-0.05, 0) is 19.4 Å².